The Kier molecular flexibility index (Phi) is 10.9. The quantitative estimate of drug-likeness (QED) is 0.335. The summed E-state index contributed by atoms with van der Waals surface area (Å²) in [5, 5.41) is 5.41. The van der Waals surface area contributed by atoms with Gasteiger partial charge in [0.1, 0.15) is 25.3 Å². The van der Waals surface area contributed by atoms with E-state index in [4.69, 9.17) is 9.47 Å². The minimum atomic E-state index is -0.745. The second-order valence-corrected chi connectivity index (χ2v) is 9.02. The van der Waals surface area contributed by atoms with E-state index in [9.17, 15) is 19.2 Å². The Morgan fingerprint density at radius 3 is 2.16 bits per heavy atom. The number of likely N-dealkylation sites (tertiary alicyclic amines) is 1. The number of nitrogens with one attached hydrogen (secondary N) is 2. The number of carbonyl (C=O) groups excluding carboxylic acids is 4. The fourth-order valence-corrected chi connectivity index (χ4v) is 4.24. The average molecular weight is 510 g/mol. The SMILES string of the molecule is CC(=O)N[C@H](CCCCNC(=O)OCc1ccccc1)C(=O)N1CCC[C@@H]1C(=O)OCc1ccccc1. The molecule has 198 valence electrons. The van der Waals surface area contributed by atoms with Crippen LogP contribution in [0.1, 0.15) is 50.2 Å². The first-order chi connectivity index (χ1) is 17.9. The molecule has 1 aliphatic heterocycles. The number of carbonyl (C=O) groups is 4. The molecule has 1 saturated heterocycles. The summed E-state index contributed by atoms with van der Waals surface area (Å²) in [7, 11) is 0. The molecule has 3 rings (SSSR count). The third-order valence-corrected chi connectivity index (χ3v) is 6.11. The predicted octanol–water partition coefficient (Wildman–Crippen LogP) is 3.32. The van der Waals surface area contributed by atoms with Gasteiger partial charge in [-0.05, 0) is 43.2 Å². The molecule has 1 fully saturated rings. The summed E-state index contributed by atoms with van der Waals surface area (Å²) in [5.74, 6) is -1.04. The van der Waals surface area contributed by atoms with E-state index in [1.807, 2.05) is 60.7 Å². The van der Waals surface area contributed by atoms with Crippen LogP contribution < -0.4 is 10.6 Å². The molecule has 2 N–H and O–H groups in total. The molecule has 0 radical (unpaired) electrons. The lowest BCUT2D eigenvalue weighted by Crippen LogP contribution is -2.51. The van der Waals surface area contributed by atoms with Gasteiger partial charge in [-0.25, -0.2) is 9.59 Å². The van der Waals surface area contributed by atoms with Crippen LogP contribution in [-0.4, -0.2) is 54.0 Å². The lowest BCUT2D eigenvalue weighted by Gasteiger charge is -2.28. The molecule has 3 amide bonds. The molecule has 0 spiro atoms. The first-order valence-corrected chi connectivity index (χ1v) is 12.7. The number of hydrogen-bond acceptors (Lipinski definition) is 6. The second-order valence-electron chi connectivity index (χ2n) is 9.02. The first kappa shape index (κ1) is 27.7. The normalized spacial score (nSPS) is 15.5. The summed E-state index contributed by atoms with van der Waals surface area (Å²) in [6, 6.07) is 17.4. The summed E-state index contributed by atoms with van der Waals surface area (Å²) >= 11 is 0. The van der Waals surface area contributed by atoms with Crippen molar-refractivity contribution < 1.29 is 28.7 Å². The monoisotopic (exact) mass is 509 g/mol. The highest BCUT2D eigenvalue weighted by Gasteiger charge is 2.38. The lowest BCUT2D eigenvalue weighted by molar-refractivity contribution is -0.155. The van der Waals surface area contributed by atoms with Crippen LogP contribution in [0.15, 0.2) is 60.7 Å². The third-order valence-electron chi connectivity index (χ3n) is 6.11. The van der Waals surface area contributed by atoms with Gasteiger partial charge in [0.05, 0.1) is 0 Å². The van der Waals surface area contributed by atoms with E-state index in [1.54, 1.807) is 0 Å². The van der Waals surface area contributed by atoms with Gasteiger partial charge in [0.25, 0.3) is 0 Å². The van der Waals surface area contributed by atoms with Crippen LogP contribution in [0.3, 0.4) is 0 Å². The zero-order valence-corrected chi connectivity index (χ0v) is 21.2. The van der Waals surface area contributed by atoms with Gasteiger partial charge in [0, 0.05) is 20.0 Å². The van der Waals surface area contributed by atoms with E-state index >= 15 is 0 Å². The van der Waals surface area contributed by atoms with E-state index in [0.717, 1.165) is 11.1 Å². The third kappa shape index (κ3) is 9.25. The number of alkyl carbamates (subject to hydrolysis) is 1. The average Bonchev–Trinajstić information content (AvgIpc) is 3.40. The van der Waals surface area contributed by atoms with Crippen molar-refractivity contribution in [1.29, 1.82) is 0 Å². The molecule has 9 nitrogen and oxygen atoms in total. The summed E-state index contributed by atoms with van der Waals surface area (Å²) in [6.07, 6.45) is 2.30. The standard InChI is InChI=1S/C28H35N3O6/c1-21(32)30-24(15-8-9-17-29-28(35)37-20-23-13-6-3-7-14-23)26(33)31-18-10-16-25(31)27(34)36-19-22-11-4-2-5-12-22/h2-7,11-14,24-25H,8-10,15-20H2,1H3,(H,29,35)(H,30,32)/t24-,25-/m1/s1. The number of benzene rings is 2. The van der Waals surface area contributed by atoms with Gasteiger partial charge in [-0.1, -0.05) is 60.7 Å². The van der Waals surface area contributed by atoms with Crippen molar-refractivity contribution in [2.75, 3.05) is 13.1 Å². The smallest absolute Gasteiger partial charge is 0.407 e. The molecule has 2 aromatic rings. The first-order valence-electron chi connectivity index (χ1n) is 12.7. The Bertz CT molecular complexity index is 1030. The number of unbranched alkanes of at least 4 members (excludes halogenated alkanes) is 1. The minimum Gasteiger partial charge on any atom is -0.459 e. The van der Waals surface area contributed by atoms with Gasteiger partial charge < -0.3 is 25.0 Å². The Labute approximate surface area is 217 Å². The maximum absolute atomic E-state index is 13.3. The number of amides is 3. The van der Waals surface area contributed by atoms with Gasteiger partial charge >= 0.3 is 12.1 Å². The van der Waals surface area contributed by atoms with Crippen molar-refractivity contribution in [2.45, 2.75) is 64.3 Å². The van der Waals surface area contributed by atoms with Crippen LogP contribution in [0.5, 0.6) is 0 Å². The number of esters is 1. The Morgan fingerprint density at radius 2 is 1.54 bits per heavy atom. The van der Waals surface area contributed by atoms with E-state index in [1.165, 1.54) is 11.8 Å². The molecule has 1 aliphatic rings. The van der Waals surface area contributed by atoms with Crippen LogP contribution in [0, 0.1) is 0 Å². The summed E-state index contributed by atoms with van der Waals surface area (Å²) in [6.45, 7) is 2.52. The second kappa shape index (κ2) is 14.6. The van der Waals surface area contributed by atoms with Crippen molar-refractivity contribution in [3.05, 3.63) is 71.8 Å². The van der Waals surface area contributed by atoms with Gasteiger partial charge in [-0.15, -0.1) is 0 Å². The number of hydrogen-bond donors (Lipinski definition) is 2. The van der Waals surface area contributed by atoms with Gasteiger partial charge in [0.15, 0.2) is 0 Å². The highest BCUT2D eigenvalue weighted by molar-refractivity contribution is 5.90. The molecule has 0 aromatic heterocycles. The molecule has 1 heterocycles. The minimum absolute atomic E-state index is 0.147. The Morgan fingerprint density at radius 1 is 0.919 bits per heavy atom. The van der Waals surface area contributed by atoms with Crippen LogP contribution >= 0.6 is 0 Å². The van der Waals surface area contributed by atoms with Crippen LogP contribution in [0.2, 0.25) is 0 Å². The molecule has 0 bridgehead atoms. The van der Waals surface area contributed by atoms with E-state index < -0.39 is 24.1 Å². The van der Waals surface area contributed by atoms with Gasteiger partial charge in [-0.3, -0.25) is 9.59 Å². The van der Waals surface area contributed by atoms with E-state index in [-0.39, 0.29) is 25.0 Å². The fraction of sp³-hybridized carbons (Fsp3) is 0.429. The molecule has 0 unspecified atom stereocenters. The fourth-order valence-electron chi connectivity index (χ4n) is 4.24. The topological polar surface area (TPSA) is 114 Å². The highest BCUT2D eigenvalue weighted by Crippen LogP contribution is 2.21. The predicted molar refractivity (Wildman–Crippen MR) is 137 cm³/mol. The Hall–Kier alpha value is -3.88. The summed E-state index contributed by atoms with van der Waals surface area (Å²) in [4.78, 5) is 51.2. The number of rotatable bonds is 12. The molecule has 2 aromatic carbocycles. The zero-order valence-electron chi connectivity index (χ0n) is 21.2. The van der Waals surface area contributed by atoms with Gasteiger partial charge in [-0.2, -0.15) is 0 Å². The molecule has 0 saturated carbocycles. The van der Waals surface area contributed by atoms with Crippen LogP contribution in [0.4, 0.5) is 4.79 Å². The largest absolute Gasteiger partial charge is 0.459 e. The van der Waals surface area contributed by atoms with Crippen LogP contribution in [0.25, 0.3) is 0 Å². The zero-order chi connectivity index (χ0) is 26.5. The van der Waals surface area contributed by atoms with Gasteiger partial charge in [0.2, 0.25) is 11.8 Å². The summed E-state index contributed by atoms with van der Waals surface area (Å²) in [5.41, 5.74) is 1.78. The molecule has 37 heavy (non-hydrogen) atoms. The number of nitrogens with zero attached hydrogens (tertiary/aromatic N) is 1. The molecular formula is C28H35N3O6. The van der Waals surface area contributed by atoms with Crippen molar-refractivity contribution in [3.8, 4) is 0 Å². The molecular weight excluding hydrogens is 474 g/mol. The molecule has 2 atom stereocenters. The maximum atomic E-state index is 13.3. The van der Waals surface area contributed by atoms with Crippen molar-refractivity contribution in [1.82, 2.24) is 15.5 Å². The van der Waals surface area contributed by atoms with Crippen molar-refractivity contribution in [3.63, 3.8) is 0 Å². The molecule has 0 aliphatic carbocycles. The Balaban J connectivity index is 1.43. The van der Waals surface area contributed by atoms with Crippen LogP contribution in [-0.2, 0) is 37.1 Å². The van der Waals surface area contributed by atoms with E-state index in [0.29, 0.717) is 45.2 Å². The molecule has 9 heteroatoms. The van der Waals surface area contributed by atoms with Crippen molar-refractivity contribution >= 4 is 23.9 Å². The highest BCUT2D eigenvalue weighted by atomic mass is 16.5. The van der Waals surface area contributed by atoms with E-state index in [2.05, 4.69) is 10.6 Å². The van der Waals surface area contributed by atoms with Crippen molar-refractivity contribution in [2.24, 2.45) is 0 Å². The summed E-state index contributed by atoms with van der Waals surface area (Å²) < 4.78 is 10.6. The maximum Gasteiger partial charge on any atom is 0.407 e. The lowest BCUT2D eigenvalue weighted by atomic mass is 10.1. The number of ether oxygens (including phenoxy) is 2.